The summed E-state index contributed by atoms with van der Waals surface area (Å²) in [5, 5.41) is 7.21. The van der Waals surface area contributed by atoms with E-state index in [2.05, 4.69) is 15.2 Å². The van der Waals surface area contributed by atoms with Crippen LogP contribution in [0, 0.1) is 5.92 Å². The van der Waals surface area contributed by atoms with Gasteiger partial charge in [-0.2, -0.15) is 5.10 Å². The summed E-state index contributed by atoms with van der Waals surface area (Å²) in [5.41, 5.74) is 3.63. The van der Waals surface area contributed by atoms with E-state index in [4.69, 9.17) is 14.5 Å². The molecule has 1 unspecified atom stereocenters. The predicted octanol–water partition coefficient (Wildman–Crippen LogP) is 3.63. The lowest BCUT2D eigenvalue weighted by Crippen LogP contribution is -2.24. The molecule has 2 aromatic heterocycles. The lowest BCUT2D eigenvalue weighted by Gasteiger charge is -2.25. The van der Waals surface area contributed by atoms with Gasteiger partial charge in [-0.15, -0.1) is 0 Å². The molecule has 6 rings (SSSR count). The van der Waals surface area contributed by atoms with Crippen LogP contribution < -0.4 is 15.0 Å². The molecular weight excluding hydrogens is 420 g/mol. The molecule has 2 N–H and O–H groups in total. The maximum atomic E-state index is 13.0. The van der Waals surface area contributed by atoms with Crippen molar-refractivity contribution in [1.29, 1.82) is 0 Å². The number of Topliss-reactive ketones (excluding diaryl/α,β-unsaturated/α-hetero) is 1. The summed E-state index contributed by atoms with van der Waals surface area (Å²) >= 11 is 0. The van der Waals surface area contributed by atoms with Crippen LogP contribution in [0.2, 0.25) is 0 Å². The van der Waals surface area contributed by atoms with Crippen molar-refractivity contribution in [1.82, 2.24) is 20.2 Å². The third-order valence-corrected chi connectivity index (χ3v) is 6.43. The molecule has 2 aliphatic rings. The minimum Gasteiger partial charge on any atom is -0.494 e. The summed E-state index contributed by atoms with van der Waals surface area (Å²) in [5.74, 6) is 2.08. The van der Waals surface area contributed by atoms with Gasteiger partial charge in [0.2, 0.25) is 0 Å². The number of carbonyl (C=O) groups excluding carboxylic acids is 1. The fraction of sp³-hybridized carbons (Fsp3) is 0.280. The summed E-state index contributed by atoms with van der Waals surface area (Å²) in [6.45, 7) is 0.396. The second-order valence-corrected chi connectivity index (χ2v) is 8.69. The molecule has 1 atom stereocenters. The molecule has 0 bridgehead atoms. The van der Waals surface area contributed by atoms with Gasteiger partial charge in [-0.1, -0.05) is 0 Å². The summed E-state index contributed by atoms with van der Waals surface area (Å²) in [4.78, 5) is 33.3. The monoisotopic (exact) mass is 442 g/mol. The summed E-state index contributed by atoms with van der Waals surface area (Å²) in [7, 11) is 1.56. The molecule has 8 heteroatoms. The van der Waals surface area contributed by atoms with Crippen LogP contribution in [0.4, 0.5) is 0 Å². The molecule has 1 saturated carbocycles. The smallest absolute Gasteiger partial charge is 0.258 e. The molecule has 33 heavy (non-hydrogen) atoms. The van der Waals surface area contributed by atoms with Crippen molar-refractivity contribution in [2.45, 2.75) is 25.2 Å². The number of methoxy groups -OCH3 is 1. The highest BCUT2D eigenvalue weighted by Gasteiger charge is 2.32. The van der Waals surface area contributed by atoms with Crippen molar-refractivity contribution in [3.8, 4) is 22.6 Å². The minimum atomic E-state index is -0.234. The second kappa shape index (κ2) is 7.58. The van der Waals surface area contributed by atoms with Gasteiger partial charge in [0, 0.05) is 23.2 Å². The van der Waals surface area contributed by atoms with Crippen molar-refractivity contribution < 1.29 is 14.3 Å². The average Bonchev–Trinajstić information content (AvgIpc) is 3.55. The first kappa shape index (κ1) is 19.7. The van der Waals surface area contributed by atoms with Crippen molar-refractivity contribution in [3.63, 3.8) is 0 Å². The molecule has 4 aromatic rings. The van der Waals surface area contributed by atoms with Gasteiger partial charge in [-0.05, 0) is 60.7 Å². The summed E-state index contributed by atoms with van der Waals surface area (Å²) in [6.07, 6.45) is 6.03. The van der Waals surface area contributed by atoms with E-state index < -0.39 is 0 Å². The zero-order valence-corrected chi connectivity index (χ0v) is 18.1. The molecule has 1 aliphatic carbocycles. The van der Waals surface area contributed by atoms with Gasteiger partial charge in [0.1, 0.15) is 22.8 Å². The maximum Gasteiger partial charge on any atom is 0.258 e. The highest BCUT2D eigenvalue weighted by Crippen LogP contribution is 2.37. The van der Waals surface area contributed by atoms with Gasteiger partial charge in [-0.3, -0.25) is 14.7 Å². The second-order valence-electron chi connectivity index (χ2n) is 8.69. The largest absolute Gasteiger partial charge is 0.494 e. The van der Waals surface area contributed by atoms with E-state index in [1.54, 1.807) is 25.6 Å². The number of ether oxygens (including phenoxy) is 2. The maximum absolute atomic E-state index is 13.0. The first-order valence-electron chi connectivity index (χ1n) is 11.0. The zero-order valence-electron chi connectivity index (χ0n) is 18.1. The number of carbonyl (C=O) groups is 1. The predicted molar refractivity (Wildman–Crippen MR) is 122 cm³/mol. The Labute approximate surface area is 189 Å². The van der Waals surface area contributed by atoms with Crippen LogP contribution >= 0.6 is 0 Å². The van der Waals surface area contributed by atoms with E-state index in [9.17, 15) is 9.59 Å². The van der Waals surface area contributed by atoms with Crippen LogP contribution in [0.15, 0.2) is 47.5 Å². The molecular formula is C25H22N4O4. The Hall–Kier alpha value is -3.94. The number of aromatic nitrogens is 4. The topological polar surface area (TPSA) is 110 Å². The zero-order chi connectivity index (χ0) is 22.5. The molecule has 3 heterocycles. The molecule has 1 aliphatic heterocycles. The van der Waals surface area contributed by atoms with Gasteiger partial charge < -0.3 is 14.5 Å². The molecule has 8 nitrogen and oxygen atoms in total. The molecule has 166 valence electrons. The van der Waals surface area contributed by atoms with Gasteiger partial charge in [0.15, 0.2) is 5.78 Å². The molecule has 2 aromatic carbocycles. The van der Waals surface area contributed by atoms with Crippen molar-refractivity contribution >= 4 is 16.7 Å². The number of hydrogen-bond donors (Lipinski definition) is 2. The number of ketones is 1. The Balaban J connectivity index is 1.37. The van der Waals surface area contributed by atoms with E-state index in [0.717, 1.165) is 40.8 Å². The number of aromatic amines is 2. The highest BCUT2D eigenvalue weighted by molar-refractivity contribution is 5.99. The number of nitrogens with one attached hydrogen (secondary N) is 2. The van der Waals surface area contributed by atoms with Crippen molar-refractivity contribution in [2.24, 2.45) is 5.92 Å². The standard InChI is InChI=1S/C25H22N4O4/c1-32-21-9-15(18-10-26-27-11-18)8-19-22(21)28-24(29-25(19)31)17-7-16-6-14(23(30)13-2-3-13)4-5-20(16)33-12-17/h4-6,8-11,13,17H,2-3,7,12H2,1H3,(H,26,27)(H,28,29,31). The minimum absolute atomic E-state index is 0.140. The van der Waals surface area contributed by atoms with E-state index in [-0.39, 0.29) is 23.2 Å². The first-order valence-corrected chi connectivity index (χ1v) is 11.0. The Kier molecular flexibility index (Phi) is 4.53. The quantitative estimate of drug-likeness (QED) is 0.457. The Morgan fingerprint density at radius 1 is 1.18 bits per heavy atom. The van der Waals surface area contributed by atoms with Crippen LogP contribution in [-0.4, -0.2) is 39.7 Å². The normalized spacial score (nSPS) is 17.4. The first-order chi connectivity index (χ1) is 16.1. The number of H-pyrrole nitrogens is 2. The van der Waals surface area contributed by atoms with Gasteiger partial charge in [-0.25, -0.2) is 4.98 Å². The molecule has 0 radical (unpaired) electrons. The van der Waals surface area contributed by atoms with Crippen LogP contribution in [0.25, 0.3) is 22.0 Å². The van der Waals surface area contributed by atoms with Crippen LogP contribution in [0.3, 0.4) is 0 Å². The number of nitrogens with zero attached hydrogens (tertiary/aromatic N) is 2. The molecule has 0 saturated heterocycles. The van der Waals surface area contributed by atoms with Crippen LogP contribution in [0.1, 0.15) is 40.5 Å². The van der Waals surface area contributed by atoms with Crippen LogP contribution in [0.5, 0.6) is 11.5 Å². The van der Waals surface area contributed by atoms with E-state index in [1.807, 2.05) is 24.3 Å². The van der Waals surface area contributed by atoms with Gasteiger partial charge >= 0.3 is 0 Å². The van der Waals surface area contributed by atoms with E-state index in [0.29, 0.717) is 35.5 Å². The Morgan fingerprint density at radius 3 is 2.82 bits per heavy atom. The van der Waals surface area contributed by atoms with Crippen molar-refractivity contribution in [3.05, 3.63) is 70.0 Å². The number of benzene rings is 2. The number of hydrogen-bond acceptors (Lipinski definition) is 6. The fourth-order valence-corrected chi connectivity index (χ4v) is 4.46. The Bertz CT molecular complexity index is 1440. The molecule has 0 spiro atoms. The highest BCUT2D eigenvalue weighted by atomic mass is 16.5. The van der Waals surface area contributed by atoms with Crippen molar-refractivity contribution in [2.75, 3.05) is 13.7 Å². The summed E-state index contributed by atoms with van der Waals surface area (Å²) < 4.78 is 11.5. The third kappa shape index (κ3) is 3.47. The van der Waals surface area contributed by atoms with Gasteiger partial charge in [0.25, 0.3) is 5.56 Å². The lowest BCUT2D eigenvalue weighted by atomic mass is 9.93. The summed E-state index contributed by atoms with van der Waals surface area (Å²) in [6, 6.07) is 9.29. The van der Waals surface area contributed by atoms with Crippen LogP contribution in [-0.2, 0) is 6.42 Å². The lowest BCUT2D eigenvalue weighted by molar-refractivity contribution is 0.0967. The van der Waals surface area contributed by atoms with E-state index in [1.165, 1.54) is 0 Å². The molecule has 0 amide bonds. The SMILES string of the molecule is COc1cc(-c2cn[nH]c2)cc2c(=O)[nH]c(C3COc4ccc(C(=O)C5CC5)cc4C3)nc12. The number of fused-ring (bicyclic) bond motifs is 2. The number of rotatable bonds is 5. The van der Waals surface area contributed by atoms with Gasteiger partial charge in [0.05, 0.1) is 31.2 Å². The van der Waals surface area contributed by atoms with E-state index >= 15 is 0 Å². The molecule has 1 fully saturated rings. The Morgan fingerprint density at radius 2 is 2.06 bits per heavy atom. The average molecular weight is 442 g/mol. The third-order valence-electron chi connectivity index (χ3n) is 6.43. The fourth-order valence-electron chi connectivity index (χ4n) is 4.46.